The second kappa shape index (κ2) is 8.57. The molecule has 0 bridgehead atoms. The van der Waals surface area contributed by atoms with Crippen molar-refractivity contribution >= 4 is 55.3 Å². The molecule has 166 valence electrons. The van der Waals surface area contributed by atoms with Crippen LogP contribution in [-0.2, 0) is 30.0 Å². The zero-order valence-electron chi connectivity index (χ0n) is 15.2. The molecule has 1 amide bonds. The highest BCUT2D eigenvalue weighted by Gasteiger charge is 2.52. The number of hydrogen-bond acceptors (Lipinski definition) is 11. The molecule has 14 nitrogen and oxygen atoms in total. The number of aromatic nitrogens is 3. The maximum Gasteiger partial charge on any atom is 0.527 e. The van der Waals surface area contributed by atoms with Crippen LogP contribution in [0.15, 0.2) is 26.9 Å². The van der Waals surface area contributed by atoms with Crippen LogP contribution in [0.3, 0.4) is 0 Å². The maximum atomic E-state index is 12.4. The van der Waals surface area contributed by atoms with Gasteiger partial charge in [-0.15, -0.1) is 24.4 Å². The van der Waals surface area contributed by atoms with E-state index in [4.69, 9.17) is 15.5 Å². The molecule has 0 aliphatic carbocycles. The van der Waals surface area contributed by atoms with Crippen LogP contribution in [0.4, 0.5) is 0 Å². The topological polar surface area (TPSA) is 215 Å². The van der Waals surface area contributed by atoms with Crippen molar-refractivity contribution < 1.29 is 33.3 Å². The molecular formula is C14H14N5O9PS2. The fraction of sp³-hybridized carbons (Fsp3) is 0.286. The number of fused-ring (bicyclic) bond motifs is 1. The van der Waals surface area contributed by atoms with Gasteiger partial charge in [0.1, 0.15) is 23.4 Å². The van der Waals surface area contributed by atoms with Gasteiger partial charge in [-0.05, 0) is 11.6 Å². The van der Waals surface area contributed by atoms with Gasteiger partial charge in [-0.2, -0.15) is 5.10 Å². The number of nitrogens with zero attached hydrogens (tertiary/aromatic N) is 3. The van der Waals surface area contributed by atoms with Crippen molar-refractivity contribution in [2.75, 3.05) is 5.75 Å². The van der Waals surface area contributed by atoms with Crippen molar-refractivity contribution in [1.29, 1.82) is 0 Å². The number of hydrogen-bond donors (Lipinski definition) is 5. The largest absolute Gasteiger partial charge is 0.527 e. The van der Waals surface area contributed by atoms with Crippen LogP contribution in [-0.4, -0.2) is 64.8 Å². The van der Waals surface area contributed by atoms with Crippen LogP contribution in [0.5, 0.6) is 0 Å². The molecule has 2 aliphatic heterocycles. The lowest BCUT2D eigenvalue weighted by atomic mass is 10.0. The molecule has 2 unspecified atom stereocenters. The van der Waals surface area contributed by atoms with Crippen LogP contribution < -0.4 is 16.9 Å². The summed E-state index contributed by atoms with van der Waals surface area (Å²) in [7, 11) is -5.23. The highest BCUT2D eigenvalue weighted by Crippen LogP contribution is 2.44. The molecule has 1 aromatic rings. The highest BCUT2D eigenvalue weighted by molar-refractivity contribution is 8.00. The Labute approximate surface area is 181 Å². The quantitative estimate of drug-likeness (QED) is 0.0920. The Kier molecular flexibility index (Phi) is 6.40. The Hall–Kier alpha value is -2.49. The normalized spacial score (nSPS) is 21.5. The predicted molar refractivity (Wildman–Crippen MR) is 108 cm³/mol. The van der Waals surface area contributed by atoms with Crippen LogP contribution >= 0.6 is 32.2 Å². The van der Waals surface area contributed by atoms with Gasteiger partial charge in [-0.1, -0.05) is 0 Å². The van der Waals surface area contributed by atoms with E-state index >= 15 is 0 Å². The number of thioether (sulfide) groups is 1. The molecule has 1 fully saturated rings. The van der Waals surface area contributed by atoms with Crippen molar-refractivity contribution in [3.63, 3.8) is 0 Å². The predicted octanol–water partition coefficient (Wildman–Crippen LogP) is -2.47. The summed E-state index contributed by atoms with van der Waals surface area (Å²) in [5.74, 6) is -2.31. The average Bonchev–Trinajstić information content (AvgIpc) is 2.69. The lowest BCUT2D eigenvalue weighted by Crippen LogP contribution is -2.68. The average molecular weight is 491 g/mol. The first kappa shape index (κ1) is 23.2. The monoisotopic (exact) mass is 491 g/mol. The van der Waals surface area contributed by atoms with E-state index in [0.29, 0.717) is 6.29 Å². The van der Waals surface area contributed by atoms with E-state index in [-0.39, 0.29) is 22.1 Å². The summed E-state index contributed by atoms with van der Waals surface area (Å²) in [6, 6.07) is -0.914. The number of nitrogens with one attached hydrogen (secondary N) is 1. The fourth-order valence-electron chi connectivity index (χ4n) is 2.89. The molecule has 0 spiro atoms. The van der Waals surface area contributed by atoms with Crippen LogP contribution in [0.2, 0.25) is 0 Å². The van der Waals surface area contributed by atoms with Crippen molar-refractivity contribution in [1.82, 2.24) is 19.7 Å². The summed E-state index contributed by atoms with van der Waals surface area (Å²) in [6.07, 6.45) is 1.55. The number of thiol groups is 1. The number of aromatic amines is 1. The van der Waals surface area contributed by atoms with E-state index in [1.54, 1.807) is 0 Å². The van der Waals surface area contributed by atoms with Gasteiger partial charge in [0.15, 0.2) is 5.82 Å². The van der Waals surface area contributed by atoms with Gasteiger partial charge < -0.3 is 15.1 Å². The van der Waals surface area contributed by atoms with Crippen LogP contribution in [0.1, 0.15) is 5.82 Å². The number of β-lactam (4-membered cyclic amide) rings is 1. The zero-order chi connectivity index (χ0) is 23.1. The number of allylic oxidation sites excluding steroid dienone is 1. The SMILES string of the molecule is NC1C(=O)N2C(C(=O)OP(=O)(O)O)=C(C=C(S)c3n[nH]c(=O)c(=O)n3CC=O)CSC12. The van der Waals surface area contributed by atoms with Crippen LogP contribution in [0, 0.1) is 0 Å². The summed E-state index contributed by atoms with van der Waals surface area (Å²) in [5.41, 5.74) is 3.15. The Morgan fingerprint density at radius 1 is 1.42 bits per heavy atom. The highest BCUT2D eigenvalue weighted by atomic mass is 32.2. The number of nitrogens with two attached hydrogens (primary N) is 1. The standard InChI is InChI=1S/C14H14N5O9PS2/c15-7-11(22)19-8(14(24)28-29(25,26)27)5(4-31-13(7)19)3-6(30)9-16-17-10(21)12(23)18(9)1-2-20/h2-3,7,13,30H,1,4,15H2,(H,17,21)(H2,25,26,27). The number of aldehydes is 1. The first-order valence-corrected chi connectivity index (χ1v) is 11.3. The number of carbonyl (C=O) groups is 3. The molecule has 0 radical (unpaired) electrons. The molecule has 2 atom stereocenters. The Balaban J connectivity index is 2.14. The number of H-pyrrole nitrogens is 1. The molecule has 1 aromatic heterocycles. The molecule has 0 saturated carbocycles. The van der Waals surface area contributed by atoms with Crippen molar-refractivity contribution in [2.24, 2.45) is 5.73 Å². The van der Waals surface area contributed by atoms with E-state index in [1.165, 1.54) is 17.8 Å². The smallest absolute Gasteiger partial charge is 0.366 e. The fourth-order valence-corrected chi connectivity index (χ4v) is 4.77. The molecule has 31 heavy (non-hydrogen) atoms. The van der Waals surface area contributed by atoms with Gasteiger partial charge in [0.25, 0.3) is 0 Å². The third kappa shape index (κ3) is 4.44. The number of rotatable bonds is 6. The first-order valence-electron chi connectivity index (χ1n) is 8.23. The second-order valence-electron chi connectivity index (χ2n) is 6.17. The molecule has 17 heteroatoms. The molecule has 1 saturated heterocycles. The summed E-state index contributed by atoms with van der Waals surface area (Å²) >= 11 is 5.37. The van der Waals surface area contributed by atoms with E-state index in [0.717, 1.165) is 9.47 Å². The summed E-state index contributed by atoms with van der Waals surface area (Å²) in [5, 5.41) is 4.98. The summed E-state index contributed by atoms with van der Waals surface area (Å²) in [6.45, 7) is -0.509. The van der Waals surface area contributed by atoms with E-state index < -0.39 is 54.5 Å². The number of phosphoric ester groups is 1. The lowest BCUT2D eigenvalue weighted by molar-refractivity contribution is -0.147. The Bertz CT molecular complexity index is 1200. The van der Waals surface area contributed by atoms with Gasteiger partial charge in [0.2, 0.25) is 5.91 Å². The minimum atomic E-state index is -5.23. The molecule has 2 aliphatic rings. The van der Waals surface area contributed by atoms with Gasteiger partial charge in [0.05, 0.1) is 6.54 Å². The van der Waals surface area contributed by atoms with Gasteiger partial charge in [0, 0.05) is 10.7 Å². The lowest BCUT2D eigenvalue weighted by Gasteiger charge is -2.48. The summed E-state index contributed by atoms with van der Waals surface area (Å²) in [4.78, 5) is 77.8. The Morgan fingerprint density at radius 2 is 2.10 bits per heavy atom. The van der Waals surface area contributed by atoms with Gasteiger partial charge in [-0.3, -0.25) is 33.6 Å². The molecule has 3 heterocycles. The molecule has 0 aromatic carbocycles. The zero-order valence-corrected chi connectivity index (χ0v) is 17.8. The van der Waals surface area contributed by atoms with E-state index in [1.807, 2.05) is 5.10 Å². The molecule has 5 N–H and O–H groups in total. The number of amides is 1. The van der Waals surface area contributed by atoms with Crippen molar-refractivity contribution in [2.45, 2.75) is 18.0 Å². The third-order valence-electron chi connectivity index (χ3n) is 4.19. The summed E-state index contributed by atoms with van der Waals surface area (Å²) < 4.78 is 16.0. The molecule has 3 rings (SSSR count). The maximum absolute atomic E-state index is 12.4. The minimum Gasteiger partial charge on any atom is -0.366 e. The van der Waals surface area contributed by atoms with Gasteiger partial charge >= 0.3 is 24.9 Å². The van der Waals surface area contributed by atoms with Crippen molar-refractivity contribution in [3.8, 4) is 0 Å². The first-order chi connectivity index (χ1) is 14.5. The Morgan fingerprint density at radius 3 is 2.71 bits per heavy atom. The third-order valence-corrected chi connectivity index (χ3v) is 6.25. The minimum absolute atomic E-state index is 0.0546. The molecular weight excluding hydrogens is 477 g/mol. The number of phosphoric acid groups is 1. The van der Waals surface area contributed by atoms with Crippen LogP contribution in [0.25, 0.3) is 4.91 Å². The van der Waals surface area contributed by atoms with E-state index in [9.17, 15) is 28.5 Å². The van der Waals surface area contributed by atoms with E-state index in [2.05, 4.69) is 22.3 Å². The number of carbonyl (C=O) groups excluding carboxylic acids is 3. The second-order valence-corrected chi connectivity index (χ2v) is 8.92. The van der Waals surface area contributed by atoms with Crippen molar-refractivity contribution in [3.05, 3.63) is 43.9 Å². The van der Waals surface area contributed by atoms with Gasteiger partial charge in [-0.25, -0.2) is 14.5 Å².